The number of hydrogen-bond donors (Lipinski definition) is 0. The summed E-state index contributed by atoms with van der Waals surface area (Å²) in [5.41, 5.74) is 6.02. The fourth-order valence-electron chi connectivity index (χ4n) is 4.67. The molecule has 0 fully saturated rings. The van der Waals surface area contributed by atoms with E-state index in [1.165, 1.54) is 49.6 Å². The molecule has 0 atom stereocenters. The lowest BCUT2D eigenvalue weighted by atomic mass is 10.1. The maximum Gasteiger partial charge on any atom is 0.0541 e. The van der Waals surface area contributed by atoms with Crippen molar-refractivity contribution >= 4 is 44.0 Å². The summed E-state index contributed by atoms with van der Waals surface area (Å²) in [4.78, 5) is 2.26. The first kappa shape index (κ1) is 17.8. The van der Waals surface area contributed by atoms with Gasteiger partial charge >= 0.3 is 0 Å². The second-order valence-corrected chi connectivity index (χ2v) is 7.94. The van der Waals surface area contributed by atoms with Crippen molar-refractivity contribution in [3.63, 3.8) is 0 Å². The summed E-state index contributed by atoms with van der Waals surface area (Å²) in [5.74, 6) is 0. The van der Waals surface area contributed by atoms with Crippen LogP contribution < -0.4 is 4.90 Å². The van der Waals surface area contributed by atoms with Crippen LogP contribution in [0.4, 0.5) is 11.4 Å². The van der Waals surface area contributed by atoms with Gasteiger partial charge in [0.1, 0.15) is 0 Å². The van der Waals surface area contributed by atoms with Gasteiger partial charge in [-0.3, -0.25) is 0 Å². The van der Waals surface area contributed by atoms with Gasteiger partial charge in [0.05, 0.1) is 11.0 Å². The highest BCUT2D eigenvalue weighted by atomic mass is 15.1. The van der Waals surface area contributed by atoms with Crippen LogP contribution in [-0.2, 0) is 0 Å². The van der Waals surface area contributed by atoms with Crippen molar-refractivity contribution < 1.29 is 0 Å². The van der Waals surface area contributed by atoms with Gasteiger partial charge in [0.2, 0.25) is 0 Å². The van der Waals surface area contributed by atoms with Gasteiger partial charge in [-0.2, -0.15) is 0 Å². The first-order valence-corrected chi connectivity index (χ1v) is 10.6. The van der Waals surface area contributed by atoms with Crippen LogP contribution in [0.15, 0.2) is 115 Å². The van der Waals surface area contributed by atoms with E-state index in [0.29, 0.717) is 0 Å². The summed E-state index contributed by atoms with van der Waals surface area (Å²) in [6.45, 7) is 0. The Kier molecular flexibility index (Phi) is 4.03. The SMILES string of the molecule is CN(c1ccc(-n2c3ccccc3c3ccccc32)cc1)c1cccc2ccccc12. The number of hydrogen-bond acceptors (Lipinski definition) is 1. The number of para-hydroxylation sites is 2. The van der Waals surface area contributed by atoms with E-state index >= 15 is 0 Å². The zero-order chi connectivity index (χ0) is 20.8. The molecule has 0 spiro atoms. The van der Waals surface area contributed by atoms with Gasteiger partial charge in [-0.25, -0.2) is 0 Å². The van der Waals surface area contributed by atoms with Crippen LogP contribution in [0.25, 0.3) is 38.3 Å². The van der Waals surface area contributed by atoms with E-state index in [2.05, 4.69) is 132 Å². The number of benzene rings is 5. The normalized spacial score (nSPS) is 11.4. The summed E-state index contributed by atoms with van der Waals surface area (Å²) in [6.07, 6.45) is 0. The minimum atomic E-state index is 1.17. The maximum absolute atomic E-state index is 2.35. The van der Waals surface area contributed by atoms with Crippen LogP contribution in [-0.4, -0.2) is 11.6 Å². The molecule has 31 heavy (non-hydrogen) atoms. The van der Waals surface area contributed by atoms with Crippen LogP contribution in [0.2, 0.25) is 0 Å². The number of nitrogens with zero attached hydrogens (tertiary/aromatic N) is 2. The van der Waals surface area contributed by atoms with E-state index in [9.17, 15) is 0 Å². The molecule has 5 aromatic carbocycles. The fraction of sp³-hybridized carbons (Fsp3) is 0.0345. The first-order valence-electron chi connectivity index (χ1n) is 10.6. The highest BCUT2D eigenvalue weighted by Gasteiger charge is 2.12. The summed E-state index contributed by atoms with van der Waals surface area (Å²) < 4.78 is 2.35. The molecule has 0 saturated heterocycles. The third-order valence-electron chi connectivity index (χ3n) is 6.20. The van der Waals surface area contributed by atoms with Gasteiger partial charge in [0.25, 0.3) is 0 Å². The number of fused-ring (bicyclic) bond motifs is 4. The highest BCUT2D eigenvalue weighted by Crippen LogP contribution is 2.34. The maximum atomic E-state index is 2.35. The van der Waals surface area contributed by atoms with E-state index in [0.717, 1.165) is 0 Å². The lowest BCUT2D eigenvalue weighted by Crippen LogP contribution is -2.10. The van der Waals surface area contributed by atoms with Gasteiger partial charge < -0.3 is 9.47 Å². The van der Waals surface area contributed by atoms with Crippen molar-refractivity contribution in [1.82, 2.24) is 4.57 Å². The molecule has 6 rings (SSSR count). The molecular formula is C29H22N2. The Hall–Kier alpha value is -4.04. The van der Waals surface area contributed by atoms with E-state index in [1.807, 2.05) is 0 Å². The second-order valence-electron chi connectivity index (χ2n) is 7.94. The van der Waals surface area contributed by atoms with E-state index in [-0.39, 0.29) is 0 Å². The molecule has 0 N–H and O–H groups in total. The number of rotatable bonds is 3. The summed E-state index contributed by atoms with van der Waals surface area (Å²) >= 11 is 0. The average molecular weight is 399 g/mol. The monoisotopic (exact) mass is 398 g/mol. The van der Waals surface area contributed by atoms with Crippen LogP contribution in [0.1, 0.15) is 0 Å². The number of aromatic nitrogens is 1. The standard InChI is InChI=1S/C29H22N2/c1-30(27-16-8-10-21-9-2-3-11-24(21)27)22-17-19-23(20-18-22)31-28-14-6-4-12-25(28)26-13-5-7-15-29(26)31/h2-20H,1H3. The van der Waals surface area contributed by atoms with Gasteiger partial charge in [-0.15, -0.1) is 0 Å². The zero-order valence-electron chi connectivity index (χ0n) is 17.4. The molecule has 0 bridgehead atoms. The largest absolute Gasteiger partial charge is 0.344 e. The summed E-state index contributed by atoms with van der Waals surface area (Å²) in [5, 5.41) is 5.10. The molecule has 0 unspecified atom stereocenters. The molecule has 0 saturated carbocycles. The van der Waals surface area contributed by atoms with E-state index in [1.54, 1.807) is 0 Å². The summed E-state index contributed by atoms with van der Waals surface area (Å²) in [6, 6.07) is 41.1. The molecule has 2 nitrogen and oxygen atoms in total. The second kappa shape index (κ2) is 7.03. The molecule has 0 radical (unpaired) electrons. The van der Waals surface area contributed by atoms with Gasteiger partial charge in [0.15, 0.2) is 0 Å². The van der Waals surface area contributed by atoms with Crippen molar-refractivity contribution in [3.8, 4) is 5.69 Å². The molecule has 0 aliphatic rings. The number of anilines is 2. The van der Waals surface area contributed by atoms with Gasteiger partial charge in [-0.05, 0) is 47.9 Å². The Balaban J connectivity index is 1.46. The Morgan fingerprint density at radius 2 is 1.06 bits per heavy atom. The zero-order valence-corrected chi connectivity index (χ0v) is 17.4. The highest BCUT2D eigenvalue weighted by molar-refractivity contribution is 6.09. The van der Waals surface area contributed by atoms with Crippen molar-refractivity contribution in [3.05, 3.63) is 115 Å². The first-order chi connectivity index (χ1) is 15.3. The lowest BCUT2D eigenvalue weighted by Gasteiger charge is -2.22. The lowest BCUT2D eigenvalue weighted by molar-refractivity contribution is 1.16. The Bertz CT molecular complexity index is 1480. The third-order valence-corrected chi connectivity index (χ3v) is 6.20. The van der Waals surface area contributed by atoms with E-state index < -0.39 is 0 Å². The molecule has 1 aromatic heterocycles. The Morgan fingerprint density at radius 3 is 1.74 bits per heavy atom. The molecule has 0 aliphatic heterocycles. The average Bonchev–Trinajstić information content (AvgIpc) is 3.18. The van der Waals surface area contributed by atoms with Crippen LogP contribution in [0.3, 0.4) is 0 Å². The predicted octanol–water partition coefficient (Wildman–Crippen LogP) is 7.70. The molecular weight excluding hydrogens is 376 g/mol. The minimum absolute atomic E-state index is 1.17. The molecule has 0 aliphatic carbocycles. The Morgan fingerprint density at radius 1 is 0.516 bits per heavy atom. The summed E-state index contributed by atoms with van der Waals surface area (Å²) in [7, 11) is 2.14. The fourth-order valence-corrected chi connectivity index (χ4v) is 4.67. The van der Waals surface area contributed by atoms with E-state index in [4.69, 9.17) is 0 Å². The van der Waals surface area contributed by atoms with Crippen molar-refractivity contribution in [1.29, 1.82) is 0 Å². The predicted molar refractivity (Wildman–Crippen MR) is 133 cm³/mol. The Labute approximate surface area is 181 Å². The molecule has 6 aromatic rings. The molecule has 148 valence electrons. The van der Waals surface area contributed by atoms with Crippen molar-refractivity contribution in [2.75, 3.05) is 11.9 Å². The quantitative estimate of drug-likeness (QED) is 0.296. The molecule has 2 heteroatoms. The topological polar surface area (TPSA) is 8.17 Å². The molecule has 1 heterocycles. The van der Waals surface area contributed by atoms with Gasteiger partial charge in [-0.1, -0.05) is 72.8 Å². The van der Waals surface area contributed by atoms with Gasteiger partial charge in [0, 0.05) is 40.3 Å². The van der Waals surface area contributed by atoms with Crippen LogP contribution in [0.5, 0.6) is 0 Å². The third kappa shape index (κ3) is 2.80. The van der Waals surface area contributed by atoms with Crippen LogP contribution >= 0.6 is 0 Å². The molecule has 0 amide bonds. The van der Waals surface area contributed by atoms with Crippen molar-refractivity contribution in [2.24, 2.45) is 0 Å². The minimum Gasteiger partial charge on any atom is -0.344 e. The van der Waals surface area contributed by atoms with Crippen molar-refractivity contribution in [2.45, 2.75) is 0 Å². The van der Waals surface area contributed by atoms with Crippen LogP contribution in [0, 0.1) is 0 Å². The smallest absolute Gasteiger partial charge is 0.0541 e.